The van der Waals surface area contributed by atoms with Crippen LogP contribution in [0, 0.1) is 11.3 Å². The van der Waals surface area contributed by atoms with Crippen molar-refractivity contribution in [1.29, 1.82) is 0 Å². The molecule has 1 aromatic carbocycles. The van der Waals surface area contributed by atoms with Crippen molar-refractivity contribution in [3.05, 3.63) is 35.9 Å². The average molecular weight is 261 g/mol. The second-order valence-corrected chi connectivity index (χ2v) is 5.96. The molecule has 0 heterocycles. The van der Waals surface area contributed by atoms with Crippen LogP contribution in [0.2, 0.25) is 0 Å². The Morgan fingerprint density at radius 3 is 2.47 bits per heavy atom. The smallest absolute Gasteiger partial charge is 0.226 e. The van der Waals surface area contributed by atoms with Crippen LogP contribution in [-0.2, 0) is 11.2 Å². The molecule has 1 fully saturated rings. The highest BCUT2D eigenvalue weighted by Crippen LogP contribution is 2.48. The van der Waals surface area contributed by atoms with Gasteiger partial charge in [-0.2, -0.15) is 0 Å². The number of carbonyl (C=O) groups is 1. The van der Waals surface area contributed by atoms with E-state index < -0.39 is 6.10 Å². The van der Waals surface area contributed by atoms with Gasteiger partial charge in [-0.25, -0.2) is 0 Å². The van der Waals surface area contributed by atoms with Crippen molar-refractivity contribution < 1.29 is 9.90 Å². The van der Waals surface area contributed by atoms with Crippen molar-refractivity contribution in [3.63, 3.8) is 0 Å². The molecular weight excluding hydrogens is 238 g/mol. The summed E-state index contributed by atoms with van der Waals surface area (Å²) >= 11 is 0. The molecule has 104 valence electrons. The lowest BCUT2D eigenvalue weighted by atomic mass is 9.95. The van der Waals surface area contributed by atoms with Crippen molar-refractivity contribution >= 4 is 5.91 Å². The molecule has 2 rings (SSSR count). The van der Waals surface area contributed by atoms with Gasteiger partial charge >= 0.3 is 0 Å². The van der Waals surface area contributed by atoms with Crippen LogP contribution in [0.4, 0.5) is 0 Å². The van der Waals surface area contributed by atoms with Crippen LogP contribution in [0.1, 0.15) is 32.3 Å². The molecule has 3 heteroatoms. The third kappa shape index (κ3) is 3.57. The topological polar surface area (TPSA) is 49.3 Å². The van der Waals surface area contributed by atoms with Crippen molar-refractivity contribution in [2.75, 3.05) is 6.54 Å². The van der Waals surface area contributed by atoms with Crippen LogP contribution < -0.4 is 5.32 Å². The summed E-state index contributed by atoms with van der Waals surface area (Å²) in [5.74, 6) is 0.264. The van der Waals surface area contributed by atoms with Crippen molar-refractivity contribution in [2.45, 2.75) is 39.2 Å². The van der Waals surface area contributed by atoms with E-state index in [2.05, 4.69) is 17.4 Å². The minimum Gasteiger partial charge on any atom is -0.391 e. The van der Waals surface area contributed by atoms with Gasteiger partial charge in [-0.15, -0.1) is 0 Å². The van der Waals surface area contributed by atoms with E-state index in [9.17, 15) is 9.90 Å². The number of rotatable bonds is 6. The molecule has 1 aliphatic rings. The molecule has 0 saturated heterocycles. The van der Waals surface area contributed by atoms with E-state index in [1.165, 1.54) is 5.56 Å². The van der Waals surface area contributed by atoms with E-state index in [0.29, 0.717) is 6.54 Å². The number of hydrogen-bond acceptors (Lipinski definition) is 2. The fraction of sp³-hybridized carbons (Fsp3) is 0.562. The third-order valence-corrected chi connectivity index (χ3v) is 3.96. The highest BCUT2D eigenvalue weighted by Gasteiger charge is 2.49. The maximum absolute atomic E-state index is 12.2. The van der Waals surface area contributed by atoms with Crippen LogP contribution >= 0.6 is 0 Å². The lowest BCUT2D eigenvalue weighted by Crippen LogP contribution is -2.39. The number of amides is 1. The second-order valence-electron chi connectivity index (χ2n) is 5.96. The molecule has 1 atom stereocenters. The summed E-state index contributed by atoms with van der Waals surface area (Å²) in [6.45, 7) is 4.26. The number of aliphatic hydroxyl groups excluding tert-OH is 1. The molecule has 1 saturated carbocycles. The van der Waals surface area contributed by atoms with Gasteiger partial charge in [0, 0.05) is 6.54 Å². The summed E-state index contributed by atoms with van der Waals surface area (Å²) in [6, 6.07) is 10.1. The predicted molar refractivity (Wildman–Crippen MR) is 75.7 cm³/mol. The highest BCUT2D eigenvalue weighted by atomic mass is 16.3. The Hall–Kier alpha value is -1.35. The van der Waals surface area contributed by atoms with E-state index in [-0.39, 0.29) is 17.2 Å². The second kappa shape index (κ2) is 5.74. The quantitative estimate of drug-likeness (QED) is 0.824. The summed E-state index contributed by atoms with van der Waals surface area (Å²) in [4.78, 5) is 12.2. The van der Waals surface area contributed by atoms with Crippen LogP contribution in [0.3, 0.4) is 0 Å². The minimum absolute atomic E-state index is 0.0936. The Balaban J connectivity index is 1.88. The molecule has 0 bridgehead atoms. The molecule has 0 aliphatic heterocycles. The molecular formula is C16H23NO2. The molecule has 0 radical (unpaired) electrons. The van der Waals surface area contributed by atoms with Crippen molar-refractivity contribution in [2.24, 2.45) is 11.3 Å². The lowest BCUT2D eigenvalue weighted by Gasteiger charge is -2.19. The lowest BCUT2D eigenvalue weighted by molar-refractivity contribution is -0.126. The molecule has 0 spiro atoms. The summed E-state index contributed by atoms with van der Waals surface area (Å²) in [6.07, 6.45) is 2.24. The van der Waals surface area contributed by atoms with Gasteiger partial charge < -0.3 is 10.4 Å². The molecule has 1 amide bonds. The Morgan fingerprint density at radius 1 is 1.32 bits per heavy atom. The maximum Gasteiger partial charge on any atom is 0.226 e. The molecule has 1 aromatic rings. The number of aliphatic hydroxyl groups is 1. The first-order valence-electron chi connectivity index (χ1n) is 7.04. The fourth-order valence-corrected chi connectivity index (χ4v) is 2.24. The van der Waals surface area contributed by atoms with E-state index in [1.807, 2.05) is 32.0 Å². The van der Waals surface area contributed by atoms with E-state index in [0.717, 1.165) is 19.3 Å². The number of nitrogens with one attached hydrogen (secondary N) is 1. The number of benzene rings is 1. The predicted octanol–water partition coefficient (Wildman–Crippen LogP) is 2.14. The summed E-state index contributed by atoms with van der Waals surface area (Å²) < 4.78 is 0. The van der Waals surface area contributed by atoms with Gasteiger partial charge in [-0.1, -0.05) is 44.2 Å². The van der Waals surface area contributed by atoms with Gasteiger partial charge in [-0.3, -0.25) is 4.79 Å². The average Bonchev–Trinajstić information content (AvgIpc) is 3.17. The van der Waals surface area contributed by atoms with E-state index >= 15 is 0 Å². The largest absolute Gasteiger partial charge is 0.391 e. The zero-order valence-electron chi connectivity index (χ0n) is 11.7. The van der Waals surface area contributed by atoms with Gasteiger partial charge in [0.15, 0.2) is 0 Å². The molecule has 2 N–H and O–H groups in total. The Labute approximate surface area is 115 Å². The Bertz CT molecular complexity index is 424. The minimum atomic E-state index is -0.462. The first-order valence-corrected chi connectivity index (χ1v) is 7.04. The summed E-state index contributed by atoms with van der Waals surface area (Å²) in [7, 11) is 0. The number of carbonyl (C=O) groups excluding carboxylic acids is 1. The van der Waals surface area contributed by atoms with Gasteiger partial charge in [0.2, 0.25) is 5.91 Å². The van der Waals surface area contributed by atoms with Crippen LogP contribution in [0.5, 0.6) is 0 Å². The van der Waals surface area contributed by atoms with Gasteiger partial charge in [0.25, 0.3) is 0 Å². The SMILES string of the molecule is CC(C)C(O)CNC(=O)C1(Cc2ccccc2)CC1. The van der Waals surface area contributed by atoms with Gasteiger partial charge in [-0.05, 0) is 30.7 Å². The first-order chi connectivity index (χ1) is 9.03. The van der Waals surface area contributed by atoms with E-state index in [1.54, 1.807) is 0 Å². The van der Waals surface area contributed by atoms with Crippen LogP contribution in [-0.4, -0.2) is 23.7 Å². The fourth-order valence-electron chi connectivity index (χ4n) is 2.24. The standard InChI is InChI=1S/C16H23NO2/c1-12(2)14(18)11-17-15(19)16(8-9-16)10-13-6-4-3-5-7-13/h3-7,12,14,18H,8-11H2,1-2H3,(H,17,19). The van der Waals surface area contributed by atoms with Crippen molar-refractivity contribution in [1.82, 2.24) is 5.32 Å². The highest BCUT2D eigenvalue weighted by molar-refractivity contribution is 5.85. The molecule has 3 nitrogen and oxygen atoms in total. The summed E-state index contributed by atoms with van der Waals surface area (Å²) in [5.41, 5.74) is 0.984. The molecule has 19 heavy (non-hydrogen) atoms. The Kier molecular flexibility index (Phi) is 4.25. The Morgan fingerprint density at radius 2 is 1.95 bits per heavy atom. The molecule has 0 aromatic heterocycles. The monoisotopic (exact) mass is 261 g/mol. The van der Waals surface area contributed by atoms with Gasteiger partial charge in [0.05, 0.1) is 11.5 Å². The van der Waals surface area contributed by atoms with E-state index in [4.69, 9.17) is 0 Å². The zero-order chi connectivity index (χ0) is 13.9. The zero-order valence-corrected chi connectivity index (χ0v) is 11.7. The van der Waals surface area contributed by atoms with Crippen LogP contribution in [0.15, 0.2) is 30.3 Å². The van der Waals surface area contributed by atoms with Gasteiger partial charge in [0.1, 0.15) is 0 Å². The molecule has 1 unspecified atom stereocenters. The summed E-state index contributed by atoms with van der Waals surface area (Å²) in [5, 5.41) is 12.6. The maximum atomic E-state index is 12.2. The normalized spacial score (nSPS) is 18.1. The number of hydrogen-bond donors (Lipinski definition) is 2. The van der Waals surface area contributed by atoms with Crippen molar-refractivity contribution in [3.8, 4) is 0 Å². The molecule has 1 aliphatic carbocycles. The third-order valence-electron chi connectivity index (χ3n) is 3.96. The van der Waals surface area contributed by atoms with Crippen LogP contribution in [0.25, 0.3) is 0 Å². The first kappa shape index (κ1) is 14.1.